The molecule has 6 nitrogen and oxygen atoms in total. The predicted molar refractivity (Wildman–Crippen MR) is 64.0 cm³/mol. The number of rotatable bonds is 3. The summed E-state index contributed by atoms with van der Waals surface area (Å²) in [6.07, 6.45) is 3.49. The normalized spacial score (nSPS) is 23.6. The third-order valence-corrected chi connectivity index (χ3v) is 3.86. The molecule has 1 saturated heterocycles. The monoisotopic (exact) mass is 251 g/mol. The Morgan fingerprint density at radius 2 is 2.28 bits per heavy atom. The van der Waals surface area contributed by atoms with Crippen LogP contribution in [0, 0.1) is 11.3 Å². The van der Waals surface area contributed by atoms with Crippen LogP contribution < -0.4 is 0 Å². The van der Waals surface area contributed by atoms with Gasteiger partial charge < -0.3 is 10.0 Å². The number of likely N-dealkylation sites (tertiary alicyclic amines) is 1. The summed E-state index contributed by atoms with van der Waals surface area (Å²) in [5.74, 6) is -0.982. The van der Waals surface area contributed by atoms with Gasteiger partial charge in [-0.15, -0.1) is 0 Å². The van der Waals surface area contributed by atoms with Gasteiger partial charge in [0.05, 0.1) is 17.2 Å². The largest absolute Gasteiger partial charge is 0.481 e. The molecule has 1 aliphatic heterocycles. The summed E-state index contributed by atoms with van der Waals surface area (Å²) in [5.41, 5.74) is -0.348. The number of amides is 1. The van der Waals surface area contributed by atoms with Gasteiger partial charge in [-0.1, -0.05) is 13.8 Å². The number of carboxylic acid groups (broad SMARTS) is 1. The van der Waals surface area contributed by atoms with Crippen LogP contribution in [-0.2, 0) is 4.79 Å². The van der Waals surface area contributed by atoms with E-state index in [-0.39, 0.29) is 18.4 Å². The molecule has 1 aromatic rings. The zero-order valence-corrected chi connectivity index (χ0v) is 10.5. The van der Waals surface area contributed by atoms with Crippen LogP contribution in [0.1, 0.15) is 30.6 Å². The van der Waals surface area contributed by atoms with Gasteiger partial charge in [0.2, 0.25) is 0 Å². The number of hydrogen-bond donors (Lipinski definition) is 2. The Labute approximate surface area is 105 Å². The highest BCUT2D eigenvalue weighted by Crippen LogP contribution is 2.38. The molecule has 1 atom stereocenters. The third-order valence-electron chi connectivity index (χ3n) is 3.86. The number of carboxylic acids is 1. The molecule has 0 spiro atoms. The standard InChI is InChI=1S/C12H17N3O3/c1-8(2)12(11(17)18)3-4-15(7-12)10(16)9-5-13-14-6-9/h5-6,8H,3-4,7H2,1-2H3,(H,13,14)(H,17,18). The van der Waals surface area contributed by atoms with Gasteiger partial charge in [0, 0.05) is 19.3 Å². The molecule has 2 rings (SSSR count). The third kappa shape index (κ3) is 1.87. The van der Waals surface area contributed by atoms with Gasteiger partial charge in [0.1, 0.15) is 0 Å². The first-order chi connectivity index (χ1) is 8.47. The second kappa shape index (κ2) is 4.44. The summed E-state index contributed by atoms with van der Waals surface area (Å²) in [6, 6.07) is 0. The fraction of sp³-hybridized carbons (Fsp3) is 0.583. The average molecular weight is 251 g/mol. The number of carbonyl (C=O) groups is 2. The smallest absolute Gasteiger partial charge is 0.311 e. The molecule has 2 N–H and O–H groups in total. The SMILES string of the molecule is CC(C)C1(C(=O)O)CCN(C(=O)c2cn[nH]c2)C1. The highest BCUT2D eigenvalue weighted by molar-refractivity contribution is 5.94. The first kappa shape index (κ1) is 12.6. The van der Waals surface area contributed by atoms with Gasteiger partial charge in [-0.2, -0.15) is 5.10 Å². The van der Waals surface area contributed by atoms with Crippen molar-refractivity contribution in [1.82, 2.24) is 15.1 Å². The maximum absolute atomic E-state index is 12.1. The number of carbonyl (C=O) groups excluding carboxylic acids is 1. The Kier molecular flexibility index (Phi) is 3.11. The summed E-state index contributed by atoms with van der Waals surface area (Å²) < 4.78 is 0. The fourth-order valence-corrected chi connectivity index (χ4v) is 2.45. The van der Waals surface area contributed by atoms with E-state index >= 15 is 0 Å². The van der Waals surface area contributed by atoms with Crippen molar-refractivity contribution < 1.29 is 14.7 Å². The van der Waals surface area contributed by atoms with E-state index in [4.69, 9.17) is 0 Å². The van der Waals surface area contributed by atoms with Crippen LogP contribution >= 0.6 is 0 Å². The van der Waals surface area contributed by atoms with Crippen molar-refractivity contribution in [3.8, 4) is 0 Å². The summed E-state index contributed by atoms with van der Waals surface area (Å²) >= 11 is 0. The van der Waals surface area contributed by atoms with Crippen molar-refractivity contribution in [2.75, 3.05) is 13.1 Å². The lowest BCUT2D eigenvalue weighted by atomic mass is 9.76. The van der Waals surface area contributed by atoms with E-state index in [0.717, 1.165) is 0 Å². The van der Waals surface area contributed by atoms with Crippen molar-refractivity contribution in [3.63, 3.8) is 0 Å². The topological polar surface area (TPSA) is 86.3 Å². The number of nitrogens with one attached hydrogen (secondary N) is 1. The zero-order chi connectivity index (χ0) is 13.3. The predicted octanol–water partition coefficient (Wildman–Crippen LogP) is 0.983. The molecule has 2 heterocycles. The second-order valence-electron chi connectivity index (χ2n) is 5.08. The number of nitrogens with zero attached hydrogens (tertiary/aromatic N) is 2. The molecule has 1 unspecified atom stereocenters. The molecule has 1 aliphatic rings. The molecule has 1 amide bonds. The molecular weight excluding hydrogens is 234 g/mol. The summed E-state index contributed by atoms with van der Waals surface area (Å²) in [5, 5.41) is 15.7. The van der Waals surface area contributed by atoms with E-state index in [1.54, 1.807) is 4.90 Å². The van der Waals surface area contributed by atoms with Crippen LogP contribution in [0.15, 0.2) is 12.4 Å². The maximum atomic E-state index is 12.1. The highest BCUT2D eigenvalue weighted by Gasteiger charge is 2.48. The molecule has 98 valence electrons. The summed E-state index contributed by atoms with van der Waals surface area (Å²) in [7, 11) is 0. The van der Waals surface area contributed by atoms with Crippen LogP contribution in [-0.4, -0.2) is 45.2 Å². The van der Waals surface area contributed by atoms with E-state index in [0.29, 0.717) is 18.5 Å². The fourth-order valence-electron chi connectivity index (χ4n) is 2.45. The minimum Gasteiger partial charge on any atom is -0.481 e. The molecule has 0 saturated carbocycles. The number of aromatic nitrogens is 2. The highest BCUT2D eigenvalue weighted by atomic mass is 16.4. The van der Waals surface area contributed by atoms with E-state index in [2.05, 4.69) is 10.2 Å². The van der Waals surface area contributed by atoms with Gasteiger partial charge in [-0.25, -0.2) is 0 Å². The minimum absolute atomic E-state index is 0.00264. The van der Waals surface area contributed by atoms with E-state index in [1.807, 2.05) is 13.8 Å². The Balaban J connectivity index is 2.17. The number of hydrogen-bond acceptors (Lipinski definition) is 3. The summed E-state index contributed by atoms with van der Waals surface area (Å²) in [6.45, 7) is 4.53. The molecule has 1 fully saturated rings. The summed E-state index contributed by atoms with van der Waals surface area (Å²) in [4.78, 5) is 25.2. The molecule has 0 aliphatic carbocycles. The Morgan fingerprint density at radius 1 is 1.56 bits per heavy atom. The van der Waals surface area contributed by atoms with E-state index in [1.165, 1.54) is 12.4 Å². The van der Waals surface area contributed by atoms with Gasteiger partial charge in [-0.3, -0.25) is 14.7 Å². The maximum Gasteiger partial charge on any atom is 0.311 e. The molecule has 6 heteroatoms. The first-order valence-electron chi connectivity index (χ1n) is 5.99. The van der Waals surface area contributed by atoms with Gasteiger partial charge in [-0.05, 0) is 12.3 Å². The van der Waals surface area contributed by atoms with Crippen molar-refractivity contribution in [3.05, 3.63) is 18.0 Å². The molecule has 0 aromatic carbocycles. The van der Waals surface area contributed by atoms with Crippen LogP contribution in [0.5, 0.6) is 0 Å². The van der Waals surface area contributed by atoms with Crippen LogP contribution in [0.25, 0.3) is 0 Å². The number of H-pyrrole nitrogens is 1. The lowest BCUT2D eigenvalue weighted by Crippen LogP contribution is -2.40. The van der Waals surface area contributed by atoms with Crippen molar-refractivity contribution in [2.24, 2.45) is 11.3 Å². The van der Waals surface area contributed by atoms with Crippen molar-refractivity contribution in [2.45, 2.75) is 20.3 Å². The van der Waals surface area contributed by atoms with Gasteiger partial charge in [0.25, 0.3) is 5.91 Å². The van der Waals surface area contributed by atoms with Crippen molar-refractivity contribution in [1.29, 1.82) is 0 Å². The Morgan fingerprint density at radius 3 is 2.72 bits per heavy atom. The Hall–Kier alpha value is -1.85. The lowest BCUT2D eigenvalue weighted by Gasteiger charge is -2.28. The number of aromatic amines is 1. The minimum atomic E-state index is -0.820. The van der Waals surface area contributed by atoms with E-state index < -0.39 is 11.4 Å². The quantitative estimate of drug-likeness (QED) is 0.838. The number of aliphatic carboxylic acids is 1. The zero-order valence-electron chi connectivity index (χ0n) is 10.5. The average Bonchev–Trinajstić information content (AvgIpc) is 2.98. The molecule has 1 aromatic heterocycles. The molecular formula is C12H17N3O3. The van der Waals surface area contributed by atoms with Gasteiger partial charge in [0.15, 0.2) is 0 Å². The van der Waals surface area contributed by atoms with Crippen LogP contribution in [0.2, 0.25) is 0 Å². The molecule has 0 bridgehead atoms. The van der Waals surface area contributed by atoms with Crippen LogP contribution in [0.3, 0.4) is 0 Å². The van der Waals surface area contributed by atoms with Gasteiger partial charge >= 0.3 is 5.97 Å². The van der Waals surface area contributed by atoms with E-state index in [9.17, 15) is 14.7 Å². The molecule has 18 heavy (non-hydrogen) atoms. The van der Waals surface area contributed by atoms with Crippen LogP contribution in [0.4, 0.5) is 0 Å². The second-order valence-corrected chi connectivity index (χ2v) is 5.08. The molecule has 0 radical (unpaired) electrons. The van der Waals surface area contributed by atoms with Crippen molar-refractivity contribution >= 4 is 11.9 Å². The lowest BCUT2D eigenvalue weighted by molar-refractivity contribution is -0.150. The first-order valence-corrected chi connectivity index (χ1v) is 5.99. The Bertz CT molecular complexity index is 455.